The minimum Gasteiger partial charge on any atom is -0.481 e. The van der Waals surface area contributed by atoms with Gasteiger partial charge in [0.1, 0.15) is 0 Å². The van der Waals surface area contributed by atoms with Crippen LogP contribution in [0.4, 0.5) is 4.39 Å². The minimum absolute atomic E-state index is 0.248. The highest BCUT2D eigenvalue weighted by Gasteiger charge is 2.23. The van der Waals surface area contributed by atoms with Gasteiger partial charge in [-0.2, -0.15) is 0 Å². The SMILES string of the molecule is C=N/C(=C\C(=NCCN1CCC(c2ccc3[nH]c(-c4cc(C)ncc4F)c(C(C)C)c3c2)CC1)OC)OC. The molecule has 3 aromatic rings. The second-order valence-corrected chi connectivity index (χ2v) is 10.1. The van der Waals surface area contributed by atoms with Crippen molar-refractivity contribution in [3.63, 3.8) is 0 Å². The number of pyridine rings is 1. The van der Waals surface area contributed by atoms with Crippen molar-refractivity contribution in [3.8, 4) is 11.3 Å². The van der Waals surface area contributed by atoms with E-state index in [1.807, 2.05) is 13.0 Å². The molecular formula is C30H38FN5O2. The first-order valence-corrected chi connectivity index (χ1v) is 13.2. The molecule has 1 aliphatic heterocycles. The van der Waals surface area contributed by atoms with Crippen LogP contribution in [0, 0.1) is 12.7 Å². The second kappa shape index (κ2) is 12.3. The minimum atomic E-state index is -0.300. The van der Waals surface area contributed by atoms with Gasteiger partial charge in [0.2, 0.25) is 11.8 Å². The van der Waals surface area contributed by atoms with Crippen LogP contribution in [0.15, 0.2) is 52.4 Å². The zero-order valence-electron chi connectivity index (χ0n) is 23.1. The fourth-order valence-electron chi connectivity index (χ4n) is 5.27. The van der Waals surface area contributed by atoms with Crippen molar-refractivity contribution in [2.75, 3.05) is 40.4 Å². The number of aliphatic imine (C=N–C) groups is 2. The Kier molecular flexibility index (Phi) is 8.94. The highest BCUT2D eigenvalue weighted by atomic mass is 19.1. The predicted molar refractivity (Wildman–Crippen MR) is 153 cm³/mol. The standard InChI is InChI=1S/C30H38FN5O2/c1-19(2)29-24-16-22(7-8-26(24)35-30(29)23-15-20(3)34-18-25(23)31)21-9-12-36(13-10-21)14-11-33-28(38-6)17-27(32-4)37-5/h7-8,15-19,21,35H,4,9-14H2,1-3,5-6H3/b27-17+,33-28?. The number of halogens is 1. The number of rotatable bonds is 9. The Labute approximate surface area is 224 Å². The number of hydrogen-bond donors (Lipinski definition) is 1. The number of methoxy groups -OCH3 is 2. The van der Waals surface area contributed by atoms with Gasteiger partial charge in [-0.1, -0.05) is 19.9 Å². The Morgan fingerprint density at radius 2 is 2.00 bits per heavy atom. The number of hydrogen-bond acceptors (Lipinski definition) is 6. The molecule has 1 saturated heterocycles. The first-order valence-electron chi connectivity index (χ1n) is 13.2. The summed E-state index contributed by atoms with van der Waals surface area (Å²) >= 11 is 0. The molecule has 1 N–H and O–H groups in total. The smallest absolute Gasteiger partial charge is 0.217 e. The number of nitrogens with zero attached hydrogens (tertiary/aromatic N) is 4. The monoisotopic (exact) mass is 519 g/mol. The van der Waals surface area contributed by atoms with E-state index in [0.29, 0.717) is 29.8 Å². The van der Waals surface area contributed by atoms with Crippen LogP contribution in [0.2, 0.25) is 0 Å². The molecule has 1 fully saturated rings. The molecule has 4 rings (SSSR count). The van der Waals surface area contributed by atoms with E-state index in [1.54, 1.807) is 13.2 Å². The Hall–Kier alpha value is -3.52. The molecule has 8 heteroatoms. The molecule has 1 aliphatic rings. The fourth-order valence-corrected chi connectivity index (χ4v) is 5.27. The van der Waals surface area contributed by atoms with Gasteiger partial charge in [0, 0.05) is 28.7 Å². The van der Waals surface area contributed by atoms with Crippen LogP contribution < -0.4 is 0 Å². The number of likely N-dealkylation sites (tertiary alicyclic amines) is 1. The summed E-state index contributed by atoms with van der Waals surface area (Å²) in [6.07, 6.45) is 5.13. The van der Waals surface area contributed by atoms with E-state index < -0.39 is 0 Å². The van der Waals surface area contributed by atoms with Crippen molar-refractivity contribution in [2.24, 2.45) is 9.98 Å². The van der Waals surface area contributed by atoms with Crippen molar-refractivity contribution in [1.82, 2.24) is 14.9 Å². The Morgan fingerprint density at radius 3 is 2.66 bits per heavy atom. The third kappa shape index (κ3) is 6.13. The van der Waals surface area contributed by atoms with E-state index in [2.05, 4.69) is 63.6 Å². The summed E-state index contributed by atoms with van der Waals surface area (Å²) in [5, 5.41) is 1.18. The highest BCUT2D eigenvalue weighted by Crippen LogP contribution is 2.39. The number of piperidine rings is 1. The average molecular weight is 520 g/mol. The number of aromatic amines is 1. The van der Waals surface area contributed by atoms with E-state index in [0.717, 1.165) is 54.9 Å². The summed E-state index contributed by atoms with van der Waals surface area (Å²) in [5.74, 6) is 1.30. The van der Waals surface area contributed by atoms with E-state index in [1.165, 1.54) is 24.3 Å². The van der Waals surface area contributed by atoms with Crippen LogP contribution >= 0.6 is 0 Å². The average Bonchev–Trinajstić information content (AvgIpc) is 3.31. The van der Waals surface area contributed by atoms with Crippen LogP contribution in [0.3, 0.4) is 0 Å². The lowest BCUT2D eigenvalue weighted by molar-refractivity contribution is 0.217. The van der Waals surface area contributed by atoms with Gasteiger partial charge in [-0.3, -0.25) is 9.98 Å². The number of aromatic nitrogens is 2. The van der Waals surface area contributed by atoms with Crippen LogP contribution in [-0.4, -0.2) is 67.9 Å². The molecule has 0 atom stereocenters. The van der Waals surface area contributed by atoms with Gasteiger partial charge < -0.3 is 19.4 Å². The van der Waals surface area contributed by atoms with Crippen LogP contribution in [0.5, 0.6) is 0 Å². The molecule has 0 amide bonds. The fraction of sp³-hybridized carbons (Fsp3) is 0.433. The molecule has 0 radical (unpaired) electrons. The predicted octanol–water partition coefficient (Wildman–Crippen LogP) is 6.21. The van der Waals surface area contributed by atoms with Crippen molar-refractivity contribution >= 4 is 23.5 Å². The summed E-state index contributed by atoms with van der Waals surface area (Å²) in [6.45, 7) is 13.2. The number of fused-ring (bicyclic) bond motifs is 1. The molecule has 38 heavy (non-hydrogen) atoms. The van der Waals surface area contributed by atoms with Crippen molar-refractivity contribution < 1.29 is 13.9 Å². The summed E-state index contributed by atoms with van der Waals surface area (Å²) in [6, 6.07) is 8.52. The van der Waals surface area contributed by atoms with Gasteiger partial charge in [0.05, 0.1) is 38.7 Å². The van der Waals surface area contributed by atoms with Crippen molar-refractivity contribution in [1.29, 1.82) is 0 Å². The van der Waals surface area contributed by atoms with Gasteiger partial charge in [-0.05, 0) is 80.7 Å². The molecule has 0 spiro atoms. The molecule has 0 unspecified atom stereocenters. The van der Waals surface area contributed by atoms with E-state index >= 15 is 0 Å². The van der Waals surface area contributed by atoms with Gasteiger partial charge >= 0.3 is 0 Å². The third-order valence-electron chi connectivity index (χ3n) is 7.27. The molecule has 0 bridgehead atoms. The quantitative estimate of drug-likeness (QED) is 0.207. The van der Waals surface area contributed by atoms with Crippen molar-refractivity contribution in [3.05, 3.63) is 65.1 Å². The lowest BCUT2D eigenvalue weighted by atomic mass is 9.87. The number of aryl methyl sites for hydroxylation is 1. The largest absolute Gasteiger partial charge is 0.481 e. The van der Waals surface area contributed by atoms with Crippen LogP contribution in [-0.2, 0) is 9.47 Å². The summed E-state index contributed by atoms with van der Waals surface area (Å²) in [7, 11) is 3.12. The second-order valence-electron chi connectivity index (χ2n) is 10.1. The van der Waals surface area contributed by atoms with Gasteiger partial charge in [0.15, 0.2) is 5.82 Å². The van der Waals surface area contributed by atoms with Crippen LogP contribution in [0.25, 0.3) is 22.2 Å². The Bertz CT molecular complexity index is 1340. The summed E-state index contributed by atoms with van der Waals surface area (Å²) in [4.78, 5) is 18.4. The van der Waals surface area contributed by atoms with E-state index in [4.69, 9.17) is 9.47 Å². The van der Waals surface area contributed by atoms with Crippen LogP contribution in [0.1, 0.15) is 55.3 Å². The maximum atomic E-state index is 14.8. The molecule has 1 aromatic carbocycles. The van der Waals surface area contributed by atoms with E-state index in [9.17, 15) is 4.39 Å². The lowest BCUT2D eigenvalue weighted by Crippen LogP contribution is -2.34. The molecule has 0 saturated carbocycles. The highest BCUT2D eigenvalue weighted by molar-refractivity contribution is 5.92. The topological polar surface area (TPSA) is 75.1 Å². The maximum absolute atomic E-state index is 14.8. The van der Waals surface area contributed by atoms with E-state index in [-0.39, 0.29) is 11.7 Å². The Morgan fingerprint density at radius 1 is 1.24 bits per heavy atom. The number of ether oxygens (including phenoxy) is 2. The lowest BCUT2D eigenvalue weighted by Gasteiger charge is -2.31. The summed E-state index contributed by atoms with van der Waals surface area (Å²) in [5.41, 5.74) is 5.80. The molecule has 2 aromatic heterocycles. The molecule has 7 nitrogen and oxygen atoms in total. The molecule has 0 aliphatic carbocycles. The summed E-state index contributed by atoms with van der Waals surface area (Å²) < 4.78 is 25.2. The van der Waals surface area contributed by atoms with Gasteiger partial charge in [-0.15, -0.1) is 0 Å². The zero-order chi connectivity index (χ0) is 27.2. The van der Waals surface area contributed by atoms with Gasteiger partial charge in [-0.25, -0.2) is 9.38 Å². The molecular weight excluding hydrogens is 481 g/mol. The number of benzene rings is 1. The maximum Gasteiger partial charge on any atom is 0.217 e. The molecule has 3 heterocycles. The third-order valence-corrected chi connectivity index (χ3v) is 7.27. The first-order chi connectivity index (χ1) is 18.3. The first kappa shape index (κ1) is 27.5. The normalized spacial score (nSPS) is 15.9. The molecule has 202 valence electrons. The number of H-pyrrole nitrogens is 1. The van der Waals surface area contributed by atoms with Crippen molar-refractivity contribution in [2.45, 2.75) is 45.4 Å². The zero-order valence-corrected chi connectivity index (χ0v) is 23.1. The Balaban J connectivity index is 1.47. The number of nitrogens with one attached hydrogen (secondary N) is 1. The van der Waals surface area contributed by atoms with Gasteiger partial charge in [0.25, 0.3) is 0 Å².